The van der Waals surface area contributed by atoms with Crippen molar-refractivity contribution in [1.29, 1.82) is 0 Å². The predicted octanol–water partition coefficient (Wildman–Crippen LogP) is 9.09. The second-order valence-corrected chi connectivity index (χ2v) is 14.5. The van der Waals surface area contributed by atoms with E-state index < -0.39 is 0 Å². The Labute approximate surface area is 216 Å². The first-order valence-corrected chi connectivity index (χ1v) is 16.2. The van der Waals surface area contributed by atoms with Crippen molar-refractivity contribution >= 4 is 36.2 Å². The summed E-state index contributed by atoms with van der Waals surface area (Å²) in [6.07, 6.45) is 15.5. The van der Waals surface area contributed by atoms with Gasteiger partial charge in [-0.2, -0.15) is 0 Å². The molecule has 0 N–H and O–H groups in total. The van der Waals surface area contributed by atoms with Gasteiger partial charge in [0.15, 0.2) is 0 Å². The van der Waals surface area contributed by atoms with E-state index in [1.165, 1.54) is 98.7 Å². The number of carbonyl (C=O) groups excluding carboxylic acids is 1. The Morgan fingerprint density at radius 1 is 1.03 bits per heavy atom. The molecule has 1 aliphatic carbocycles. The van der Waals surface area contributed by atoms with Crippen LogP contribution in [0.25, 0.3) is 0 Å². The van der Waals surface area contributed by atoms with Crippen molar-refractivity contribution in [3.8, 4) is 5.75 Å². The highest BCUT2D eigenvalue weighted by molar-refractivity contribution is 8.16. The number of hydrogen-bond acceptors (Lipinski definition) is 4. The number of ether oxygens (including phenoxy) is 1. The molecule has 3 saturated heterocycles. The molecule has 0 spiro atoms. The van der Waals surface area contributed by atoms with Crippen LogP contribution < -0.4 is 4.74 Å². The monoisotopic (exact) mass is 498 g/mol. The second-order valence-electron chi connectivity index (χ2n) is 11.7. The summed E-state index contributed by atoms with van der Waals surface area (Å²) in [4.78, 5) is 12.0. The highest BCUT2D eigenvalue weighted by Gasteiger charge is 2.39. The summed E-state index contributed by atoms with van der Waals surface area (Å²) in [5.74, 6) is 6.93. The Kier molecular flexibility index (Phi) is 8.30. The van der Waals surface area contributed by atoms with E-state index in [4.69, 9.17) is 4.74 Å². The van der Waals surface area contributed by atoms with Crippen molar-refractivity contribution in [1.82, 2.24) is 0 Å². The molecule has 0 aromatic heterocycles. The third-order valence-corrected chi connectivity index (χ3v) is 12.5. The van der Waals surface area contributed by atoms with Gasteiger partial charge in [-0.15, -0.1) is 23.5 Å². The molecule has 2 bridgehead atoms. The van der Waals surface area contributed by atoms with Gasteiger partial charge in [0.2, 0.25) is 0 Å². The standard InChI is InChI=1S/C29H43BO2S2/c1-19(13-14-30-23-7-4-8-24(30)10-5-9-23)25-12-11-20(2)28-26(25)17-22(18-27(28)32-21(3)31)29-33-15-6-16-34-29/h17-20,23-25,29H,4-16H2,1-3H3/t19-,20+,23?,24?,25-/m0/s1. The third-order valence-electron chi connectivity index (χ3n) is 9.51. The highest BCUT2D eigenvalue weighted by atomic mass is 32.2. The van der Waals surface area contributed by atoms with Gasteiger partial charge in [0.1, 0.15) is 12.5 Å². The van der Waals surface area contributed by atoms with Crippen molar-refractivity contribution in [3.05, 3.63) is 28.8 Å². The molecule has 186 valence electrons. The second kappa shape index (κ2) is 11.2. The van der Waals surface area contributed by atoms with Gasteiger partial charge < -0.3 is 4.74 Å². The maximum Gasteiger partial charge on any atom is 0.308 e. The largest absolute Gasteiger partial charge is 0.426 e. The van der Waals surface area contributed by atoms with Crippen LogP contribution in [0, 0.1) is 5.92 Å². The fraction of sp³-hybridized carbons (Fsp3) is 0.759. The van der Waals surface area contributed by atoms with Gasteiger partial charge in [-0.25, -0.2) is 0 Å². The van der Waals surface area contributed by atoms with Gasteiger partial charge in [0, 0.05) is 12.5 Å². The zero-order valence-corrected chi connectivity index (χ0v) is 23.2. The van der Waals surface area contributed by atoms with Gasteiger partial charge >= 0.3 is 5.97 Å². The van der Waals surface area contributed by atoms with E-state index in [-0.39, 0.29) is 5.97 Å². The Bertz CT molecular complexity index is 846. The van der Waals surface area contributed by atoms with Crippen molar-refractivity contribution in [2.45, 2.75) is 119 Å². The van der Waals surface area contributed by atoms with Gasteiger partial charge in [-0.05, 0) is 65.7 Å². The quantitative estimate of drug-likeness (QED) is 0.222. The first kappa shape index (κ1) is 25.1. The van der Waals surface area contributed by atoms with Gasteiger partial charge in [-0.1, -0.05) is 82.8 Å². The molecule has 0 saturated carbocycles. The molecule has 0 radical (unpaired) electrons. The van der Waals surface area contributed by atoms with Crippen LogP contribution in [-0.4, -0.2) is 24.2 Å². The first-order valence-electron chi connectivity index (χ1n) is 14.1. The fourth-order valence-electron chi connectivity index (χ4n) is 7.82. The van der Waals surface area contributed by atoms with E-state index in [2.05, 4.69) is 49.5 Å². The SMILES string of the molecule is CC(=O)Oc1cc(C2SCCCS2)cc2c1[C@H](C)CC[C@H]2[C@@H](C)CCB1C2CCCC1CCC2. The summed E-state index contributed by atoms with van der Waals surface area (Å²) in [5, 5.41) is 0. The molecule has 3 heterocycles. The van der Waals surface area contributed by atoms with Gasteiger partial charge in [-0.3, -0.25) is 4.79 Å². The topological polar surface area (TPSA) is 26.3 Å². The van der Waals surface area contributed by atoms with Crippen molar-refractivity contribution in [2.75, 3.05) is 11.5 Å². The molecule has 3 atom stereocenters. The molecule has 1 aromatic rings. The molecule has 3 aliphatic heterocycles. The molecule has 5 heteroatoms. The molecule has 0 unspecified atom stereocenters. The average molecular weight is 499 g/mol. The zero-order valence-electron chi connectivity index (χ0n) is 21.5. The number of carbonyl (C=O) groups is 1. The summed E-state index contributed by atoms with van der Waals surface area (Å²) in [6, 6.07) is 4.74. The van der Waals surface area contributed by atoms with Crippen LogP contribution in [0.15, 0.2) is 12.1 Å². The minimum atomic E-state index is -0.186. The van der Waals surface area contributed by atoms with E-state index in [0.717, 1.165) is 24.1 Å². The van der Waals surface area contributed by atoms with E-state index in [9.17, 15) is 4.79 Å². The van der Waals surface area contributed by atoms with Gasteiger partial charge in [0.25, 0.3) is 0 Å². The maximum atomic E-state index is 12.0. The number of esters is 1. The number of benzene rings is 1. The number of rotatable bonds is 6. The van der Waals surface area contributed by atoms with Crippen molar-refractivity contribution in [2.24, 2.45) is 5.92 Å². The fourth-order valence-corrected chi connectivity index (χ4v) is 10.7. The lowest BCUT2D eigenvalue weighted by Gasteiger charge is -2.42. The van der Waals surface area contributed by atoms with Crippen LogP contribution in [0.3, 0.4) is 0 Å². The molecule has 2 nitrogen and oxygen atoms in total. The molecular formula is C29H43BO2S2. The lowest BCUT2D eigenvalue weighted by molar-refractivity contribution is -0.131. The third kappa shape index (κ3) is 5.41. The first-order chi connectivity index (χ1) is 16.5. The average Bonchev–Trinajstić information content (AvgIpc) is 2.82. The predicted molar refractivity (Wildman–Crippen MR) is 150 cm³/mol. The van der Waals surface area contributed by atoms with E-state index in [1.54, 1.807) is 6.92 Å². The van der Waals surface area contributed by atoms with Gasteiger partial charge in [0.05, 0.1) is 4.58 Å². The number of fused-ring (bicyclic) bond motifs is 3. The molecule has 4 aliphatic rings. The summed E-state index contributed by atoms with van der Waals surface area (Å²) < 4.78 is 6.37. The van der Waals surface area contributed by atoms with Crippen molar-refractivity contribution in [3.63, 3.8) is 0 Å². The Morgan fingerprint density at radius 2 is 1.71 bits per heavy atom. The maximum absolute atomic E-state index is 12.0. The van der Waals surface area contributed by atoms with Crippen LogP contribution in [-0.2, 0) is 4.79 Å². The van der Waals surface area contributed by atoms with Crippen molar-refractivity contribution < 1.29 is 9.53 Å². The Balaban J connectivity index is 1.39. The normalized spacial score (nSPS) is 30.5. The van der Waals surface area contributed by atoms with Crippen LogP contribution in [0.1, 0.15) is 118 Å². The lowest BCUT2D eigenvalue weighted by Crippen LogP contribution is -2.35. The summed E-state index contributed by atoms with van der Waals surface area (Å²) >= 11 is 4.13. The molecular weight excluding hydrogens is 455 g/mol. The Hall–Kier alpha value is -0.545. The van der Waals surface area contributed by atoms with Crippen LogP contribution in [0.2, 0.25) is 18.0 Å². The Morgan fingerprint density at radius 3 is 2.35 bits per heavy atom. The van der Waals surface area contributed by atoms with E-state index >= 15 is 0 Å². The minimum absolute atomic E-state index is 0.186. The molecule has 34 heavy (non-hydrogen) atoms. The minimum Gasteiger partial charge on any atom is -0.426 e. The van der Waals surface area contributed by atoms with E-state index in [1.807, 2.05) is 0 Å². The van der Waals surface area contributed by atoms with Crippen LogP contribution >= 0.6 is 23.5 Å². The van der Waals surface area contributed by atoms with Crippen LogP contribution in [0.5, 0.6) is 5.75 Å². The summed E-state index contributed by atoms with van der Waals surface area (Å²) in [6.45, 7) is 7.40. The van der Waals surface area contributed by atoms with Crippen LogP contribution in [0.4, 0.5) is 0 Å². The highest BCUT2D eigenvalue weighted by Crippen LogP contribution is 2.53. The molecule has 3 fully saturated rings. The summed E-state index contributed by atoms with van der Waals surface area (Å²) in [5.41, 5.74) is 4.22. The molecule has 0 amide bonds. The molecule has 1 aromatic carbocycles. The van der Waals surface area contributed by atoms with E-state index in [0.29, 0.717) is 22.3 Å². The smallest absolute Gasteiger partial charge is 0.308 e. The number of thioether (sulfide) groups is 2. The lowest BCUT2D eigenvalue weighted by atomic mass is 9.25. The number of hydrogen-bond donors (Lipinski definition) is 0. The summed E-state index contributed by atoms with van der Waals surface area (Å²) in [7, 11) is 0. The zero-order chi connectivity index (χ0) is 23.7. The molecule has 5 rings (SSSR count).